The summed E-state index contributed by atoms with van der Waals surface area (Å²) >= 11 is 0. The molecular weight excluding hydrogens is 328 g/mol. The van der Waals surface area contributed by atoms with Crippen LogP contribution in [0.1, 0.15) is 5.56 Å². The lowest BCUT2D eigenvalue weighted by molar-refractivity contribution is -0.617. The highest BCUT2D eigenvalue weighted by molar-refractivity contribution is 6.16. The van der Waals surface area contributed by atoms with E-state index in [1.165, 1.54) is 54.7 Å². The fourth-order valence-electron chi connectivity index (χ4n) is 4.72. The predicted molar refractivity (Wildman–Crippen MR) is 113 cm³/mol. The second-order valence-electron chi connectivity index (χ2n) is 7.39. The van der Waals surface area contributed by atoms with Crippen LogP contribution in [-0.4, -0.2) is 4.40 Å². The van der Waals surface area contributed by atoms with Gasteiger partial charge in [-0.3, -0.25) is 0 Å². The van der Waals surface area contributed by atoms with Gasteiger partial charge in [-0.15, -0.1) is 0 Å². The Hall–Kier alpha value is -3.39. The maximum absolute atomic E-state index is 2.46. The van der Waals surface area contributed by atoms with Gasteiger partial charge in [-0.2, -0.15) is 4.40 Å². The van der Waals surface area contributed by atoms with Crippen LogP contribution in [0.25, 0.3) is 49.1 Å². The molecule has 4 aromatic carbocycles. The molecule has 128 valence electrons. The zero-order chi connectivity index (χ0) is 18.1. The summed E-state index contributed by atoms with van der Waals surface area (Å²) in [6, 6.07) is 28.6. The SMILES string of the molecule is Cc1cccc2c3ccccc3n3c4c5ccccc5ccc4[n+](C)c3c12. The molecule has 0 aliphatic rings. The first-order valence-corrected chi connectivity index (χ1v) is 9.37. The number of nitrogens with zero attached hydrogens (tertiary/aromatic N) is 2. The molecule has 0 bridgehead atoms. The first-order valence-electron chi connectivity index (χ1n) is 9.37. The molecule has 2 nitrogen and oxygen atoms in total. The maximum atomic E-state index is 2.46. The molecule has 0 fully saturated rings. The van der Waals surface area contributed by atoms with Gasteiger partial charge in [0.05, 0.1) is 12.4 Å². The van der Waals surface area contributed by atoms with Crippen molar-refractivity contribution in [3.05, 3.63) is 84.4 Å². The molecule has 0 spiro atoms. The Morgan fingerprint density at radius 1 is 0.704 bits per heavy atom. The van der Waals surface area contributed by atoms with E-state index in [9.17, 15) is 0 Å². The van der Waals surface area contributed by atoms with Crippen molar-refractivity contribution in [2.24, 2.45) is 7.05 Å². The standard InChI is InChI=1S/C25H19N2/c1-16-8-7-12-20-19-11-5-6-13-21(19)27-24-18-10-4-3-9-17(18)14-15-22(24)26(2)25(27)23(16)20/h3-15H,1-2H3/q+1. The summed E-state index contributed by atoms with van der Waals surface area (Å²) in [5.41, 5.74) is 6.37. The van der Waals surface area contributed by atoms with Crippen LogP contribution in [0, 0.1) is 6.92 Å². The zero-order valence-electron chi connectivity index (χ0n) is 15.4. The van der Waals surface area contributed by atoms with Crippen LogP contribution in [-0.2, 0) is 7.05 Å². The summed E-state index contributed by atoms with van der Waals surface area (Å²) in [4.78, 5) is 0. The number of fused-ring (bicyclic) bond motifs is 10. The molecule has 6 rings (SSSR count). The van der Waals surface area contributed by atoms with E-state index in [-0.39, 0.29) is 0 Å². The first-order chi connectivity index (χ1) is 13.3. The molecule has 0 unspecified atom stereocenters. The van der Waals surface area contributed by atoms with Gasteiger partial charge >= 0.3 is 0 Å². The van der Waals surface area contributed by atoms with Gasteiger partial charge in [0.1, 0.15) is 5.52 Å². The fourth-order valence-corrected chi connectivity index (χ4v) is 4.72. The summed E-state index contributed by atoms with van der Waals surface area (Å²) in [6.07, 6.45) is 0. The Kier molecular flexibility index (Phi) is 2.77. The van der Waals surface area contributed by atoms with Crippen molar-refractivity contribution < 1.29 is 4.57 Å². The van der Waals surface area contributed by atoms with Crippen LogP contribution in [0.3, 0.4) is 0 Å². The van der Waals surface area contributed by atoms with E-state index < -0.39 is 0 Å². The minimum atomic E-state index is 1.26. The van der Waals surface area contributed by atoms with Crippen molar-refractivity contribution in [3.8, 4) is 0 Å². The van der Waals surface area contributed by atoms with Crippen molar-refractivity contribution in [1.82, 2.24) is 4.40 Å². The minimum absolute atomic E-state index is 1.26. The predicted octanol–water partition coefficient (Wildman–Crippen LogP) is 5.69. The molecule has 0 aliphatic heterocycles. The lowest BCUT2D eigenvalue weighted by Gasteiger charge is -2.07. The minimum Gasteiger partial charge on any atom is -0.225 e. The zero-order valence-corrected chi connectivity index (χ0v) is 15.4. The second-order valence-corrected chi connectivity index (χ2v) is 7.39. The van der Waals surface area contributed by atoms with E-state index >= 15 is 0 Å². The van der Waals surface area contributed by atoms with Crippen molar-refractivity contribution in [1.29, 1.82) is 0 Å². The van der Waals surface area contributed by atoms with E-state index in [1.54, 1.807) is 0 Å². The van der Waals surface area contributed by atoms with Gasteiger partial charge in [-0.25, -0.2) is 4.57 Å². The number of hydrogen-bond donors (Lipinski definition) is 0. The first kappa shape index (κ1) is 14.7. The van der Waals surface area contributed by atoms with Crippen LogP contribution in [0.4, 0.5) is 0 Å². The van der Waals surface area contributed by atoms with Crippen LogP contribution < -0.4 is 4.57 Å². The summed E-state index contributed by atoms with van der Waals surface area (Å²) in [5.74, 6) is 0. The summed E-state index contributed by atoms with van der Waals surface area (Å²) in [6.45, 7) is 2.22. The lowest BCUT2D eigenvalue weighted by atomic mass is 10.0. The Bertz CT molecular complexity index is 1540. The third-order valence-corrected chi connectivity index (χ3v) is 5.93. The molecule has 6 aromatic rings. The number of benzene rings is 4. The van der Waals surface area contributed by atoms with Crippen molar-refractivity contribution in [3.63, 3.8) is 0 Å². The molecule has 0 saturated carbocycles. The van der Waals surface area contributed by atoms with Crippen LogP contribution in [0.15, 0.2) is 78.9 Å². The summed E-state index contributed by atoms with van der Waals surface area (Å²) in [5, 5.41) is 6.52. The Morgan fingerprint density at radius 2 is 1.44 bits per heavy atom. The Balaban J connectivity index is 2.10. The highest BCUT2D eigenvalue weighted by Crippen LogP contribution is 2.35. The van der Waals surface area contributed by atoms with E-state index in [4.69, 9.17) is 0 Å². The van der Waals surface area contributed by atoms with Gasteiger partial charge in [0.2, 0.25) is 0 Å². The van der Waals surface area contributed by atoms with Gasteiger partial charge in [-0.05, 0) is 42.1 Å². The lowest BCUT2D eigenvalue weighted by Crippen LogP contribution is -2.27. The topological polar surface area (TPSA) is 8.29 Å². The third-order valence-electron chi connectivity index (χ3n) is 5.93. The number of rotatable bonds is 0. The molecule has 2 aromatic heterocycles. The maximum Gasteiger partial charge on any atom is 0.295 e. The summed E-state index contributed by atoms with van der Waals surface area (Å²) in [7, 11) is 2.19. The molecule has 0 saturated heterocycles. The van der Waals surface area contributed by atoms with E-state index in [1.807, 2.05) is 0 Å². The third kappa shape index (κ3) is 1.77. The van der Waals surface area contributed by atoms with Crippen LogP contribution in [0.2, 0.25) is 0 Å². The molecule has 0 N–H and O–H groups in total. The van der Waals surface area contributed by atoms with Crippen LogP contribution >= 0.6 is 0 Å². The highest BCUT2D eigenvalue weighted by Gasteiger charge is 2.25. The van der Waals surface area contributed by atoms with Gasteiger partial charge in [0.15, 0.2) is 11.0 Å². The van der Waals surface area contributed by atoms with E-state index in [0.717, 1.165) is 0 Å². The second kappa shape index (κ2) is 5.08. The van der Waals surface area contributed by atoms with Gasteiger partial charge in [-0.1, -0.05) is 54.6 Å². The van der Waals surface area contributed by atoms with Crippen LogP contribution in [0.5, 0.6) is 0 Å². The highest BCUT2D eigenvalue weighted by atomic mass is 15.1. The normalized spacial score (nSPS) is 12.1. The molecule has 0 radical (unpaired) electrons. The number of aryl methyl sites for hydroxylation is 2. The number of hydrogen-bond acceptors (Lipinski definition) is 0. The van der Waals surface area contributed by atoms with Gasteiger partial charge < -0.3 is 0 Å². The van der Waals surface area contributed by atoms with Gasteiger partial charge in [0.25, 0.3) is 5.65 Å². The molecule has 0 atom stereocenters. The van der Waals surface area contributed by atoms with Crippen molar-refractivity contribution in [2.75, 3.05) is 0 Å². The number of pyridine rings is 1. The molecular formula is C25H19N2+. The van der Waals surface area contributed by atoms with Gasteiger partial charge in [0, 0.05) is 16.2 Å². The number of imidazole rings is 1. The largest absolute Gasteiger partial charge is 0.295 e. The fraction of sp³-hybridized carbons (Fsp3) is 0.0800. The molecule has 2 heterocycles. The molecule has 0 aliphatic carbocycles. The quantitative estimate of drug-likeness (QED) is 0.247. The molecule has 0 amide bonds. The average molecular weight is 347 g/mol. The van der Waals surface area contributed by atoms with E-state index in [0.29, 0.717) is 0 Å². The Labute approximate surface area is 156 Å². The Morgan fingerprint density at radius 3 is 2.33 bits per heavy atom. The monoisotopic (exact) mass is 347 g/mol. The summed E-state index contributed by atoms with van der Waals surface area (Å²) < 4.78 is 4.81. The van der Waals surface area contributed by atoms with Crippen molar-refractivity contribution >= 4 is 49.1 Å². The smallest absolute Gasteiger partial charge is 0.225 e. The molecule has 27 heavy (non-hydrogen) atoms. The average Bonchev–Trinajstić information content (AvgIpc) is 3.02. The number of para-hydroxylation sites is 1. The number of aromatic nitrogens is 2. The van der Waals surface area contributed by atoms with E-state index in [2.05, 4.69) is 102 Å². The van der Waals surface area contributed by atoms with Crippen molar-refractivity contribution in [2.45, 2.75) is 6.92 Å². The molecule has 2 heteroatoms.